The van der Waals surface area contributed by atoms with Crippen LogP contribution in [-0.4, -0.2) is 53.4 Å². The molecule has 0 aromatic rings. The molecule has 4 atom stereocenters. The summed E-state index contributed by atoms with van der Waals surface area (Å²) in [6, 6.07) is 0. The molecule has 2 heterocycles. The van der Waals surface area contributed by atoms with Crippen LogP contribution in [0.5, 0.6) is 0 Å². The molecule has 0 radical (unpaired) electrons. The van der Waals surface area contributed by atoms with Gasteiger partial charge in [0.1, 0.15) is 5.54 Å². The first kappa shape index (κ1) is 13.3. The Morgan fingerprint density at radius 1 is 1.42 bits per heavy atom. The number of rotatable bonds is 1. The van der Waals surface area contributed by atoms with E-state index in [1.165, 1.54) is 0 Å². The van der Waals surface area contributed by atoms with Crippen LogP contribution in [0.15, 0.2) is 0 Å². The van der Waals surface area contributed by atoms with E-state index in [1.54, 1.807) is 4.90 Å². The molecule has 0 aromatic carbocycles. The molecule has 1 saturated carbocycles. The lowest BCUT2D eigenvalue weighted by atomic mass is 9.46. The molecule has 0 aromatic heterocycles. The summed E-state index contributed by atoms with van der Waals surface area (Å²) in [4.78, 5) is 14.5. The number of hydrogen-bond acceptors (Lipinski definition) is 4. The number of aliphatic hydroxyl groups is 1. The van der Waals surface area contributed by atoms with Gasteiger partial charge in [-0.25, -0.2) is 0 Å². The molecule has 3 unspecified atom stereocenters. The zero-order chi connectivity index (χ0) is 13.8. The number of fused-ring (bicyclic) bond motifs is 1. The van der Waals surface area contributed by atoms with E-state index in [2.05, 4.69) is 0 Å². The molecule has 2 saturated heterocycles. The van der Waals surface area contributed by atoms with Gasteiger partial charge in [0.15, 0.2) is 0 Å². The molecule has 3 rings (SSSR count). The third-order valence-electron chi connectivity index (χ3n) is 5.49. The molecule has 19 heavy (non-hydrogen) atoms. The van der Waals surface area contributed by atoms with Crippen LogP contribution in [0.25, 0.3) is 0 Å². The largest absolute Gasteiger partial charge is 0.391 e. The third-order valence-corrected chi connectivity index (χ3v) is 5.49. The zero-order valence-corrected chi connectivity index (χ0v) is 11.8. The van der Waals surface area contributed by atoms with Crippen molar-refractivity contribution >= 4 is 5.91 Å². The second-order valence-electron chi connectivity index (χ2n) is 6.82. The van der Waals surface area contributed by atoms with E-state index in [0.717, 1.165) is 19.4 Å². The van der Waals surface area contributed by atoms with Crippen molar-refractivity contribution in [3.63, 3.8) is 0 Å². The third kappa shape index (κ3) is 1.61. The van der Waals surface area contributed by atoms with E-state index < -0.39 is 11.6 Å². The summed E-state index contributed by atoms with van der Waals surface area (Å²) in [6.07, 6.45) is 2.31. The number of aliphatic hydroxyl groups excluding tert-OH is 1. The molecule has 3 N–H and O–H groups in total. The Labute approximate surface area is 114 Å². The minimum Gasteiger partial charge on any atom is -0.391 e. The molecule has 3 fully saturated rings. The van der Waals surface area contributed by atoms with Gasteiger partial charge >= 0.3 is 0 Å². The van der Waals surface area contributed by atoms with E-state index in [0.29, 0.717) is 19.5 Å². The first-order valence-electron chi connectivity index (χ1n) is 7.27. The van der Waals surface area contributed by atoms with Gasteiger partial charge in [0.05, 0.1) is 12.2 Å². The Hall–Kier alpha value is -0.650. The molecule has 1 aliphatic carbocycles. The number of carbonyl (C=O) groups is 1. The average molecular weight is 268 g/mol. The molecular formula is C14H24N2O3. The van der Waals surface area contributed by atoms with Crippen LogP contribution in [0, 0.1) is 11.3 Å². The van der Waals surface area contributed by atoms with Gasteiger partial charge in [-0.05, 0) is 19.3 Å². The van der Waals surface area contributed by atoms with Gasteiger partial charge in [-0.2, -0.15) is 0 Å². The average Bonchev–Trinajstić information content (AvgIpc) is 2.83. The highest BCUT2D eigenvalue weighted by Crippen LogP contribution is 2.58. The van der Waals surface area contributed by atoms with Gasteiger partial charge in [-0.1, -0.05) is 13.8 Å². The molecule has 3 aliphatic rings. The highest BCUT2D eigenvalue weighted by molar-refractivity contribution is 5.89. The van der Waals surface area contributed by atoms with Gasteiger partial charge in [0.2, 0.25) is 5.91 Å². The number of carbonyl (C=O) groups excluding carboxylic acids is 1. The van der Waals surface area contributed by atoms with Gasteiger partial charge in [-0.15, -0.1) is 0 Å². The number of hydrogen-bond donors (Lipinski definition) is 2. The molecule has 1 amide bonds. The summed E-state index contributed by atoms with van der Waals surface area (Å²) in [7, 11) is 0. The molecule has 5 heteroatoms. The first-order valence-corrected chi connectivity index (χ1v) is 7.27. The van der Waals surface area contributed by atoms with Crippen LogP contribution in [-0.2, 0) is 9.53 Å². The quantitative estimate of drug-likeness (QED) is 0.708. The predicted octanol–water partition coefficient (Wildman–Crippen LogP) is 0.112. The topological polar surface area (TPSA) is 75.8 Å². The number of nitrogens with zero attached hydrogens (tertiary/aromatic N) is 1. The fraction of sp³-hybridized carbons (Fsp3) is 0.929. The Morgan fingerprint density at radius 3 is 2.79 bits per heavy atom. The number of likely N-dealkylation sites (tertiary alicyclic amines) is 1. The van der Waals surface area contributed by atoms with E-state index in [9.17, 15) is 9.90 Å². The van der Waals surface area contributed by atoms with E-state index in [1.807, 2.05) is 13.8 Å². The Kier molecular flexibility index (Phi) is 2.93. The number of β-amino-alcohol motifs (C(OH)–C–C–N with tert-alkyl or cyclic N) is 1. The monoisotopic (exact) mass is 268 g/mol. The fourth-order valence-corrected chi connectivity index (χ4v) is 4.20. The molecular weight excluding hydrogens is 244 g/mol. The molecule has 0 bridgehead atoms. The Morgan fingerprint density at radius 2 is 2.16 bits per heavy atom. The van der Waals surface area contributed by atoms with Crippen molar-refractivity contribution in [3.8, 4) is 0 Å². The van der Waals surface area contributed by atoms with Crippen LogP contribution in [0.3, 0.4) is 0 Å². The van der Waals surface area contributed by atoms with Crippen molar-refractivity contribution in [2.75, 3.05) is 19.7 Å². The minimum atomic E-state index is -0.831. The van der Waals surface area contributed by atoms with E-state index in [4.69, 9.17) is 10.5 Å². The predicted molar refractivity (Wildman–Crippen MR) is 70.4 cm³/mol. The maximum Gasteiger partial charge on any atom is 0.243 e. The standard InChI is InChI=1S/C14H24N2O3/c1-13(2)11-10(4-3-7-19-11)14(13,15)12(18)16-6-5-9(17)8-16/h9-11,17H,3-8,15H2,1-2H3/t9-,10?,11?,14?/m1/s1. The Bertz CT molecular complexity index is 398. The van der Waals surface area contributed by atoms with Crippen LogP contribution in [0.2, 0.25) is 0 Å². The maximum absolute atomic E-state index is 12.8. The van der Waals surface area contributed by atoms with Crippen molar-refractivity contribution in [2.24, 2.45) is 17.1 Å². The fourth-order valence-electron chi connectivity index (χ4n) is 4.20. The second-order valence-corrected chi connectivity index (χ2v) is 6.82. The second kappa shape index (κ2) is 4.17. The summed E-state index contributed by atoms with van der Waals surface area (Å²) in [5.74, 6) is 0.127. The SMILES string of the molecule is CC1(C)C2OCCCC2C1(N)C(=O)N1CC[C@@H](O)C1. The van der Waals surface area contributed by atoms with Crippen LogP contribution >= 0.6 is 0 Å². The highest BCUT2D eigenvalue weighted by Gasteiger charge is 2.71. The molecule has 2 aliphatic heterocycles. The van der Waals surface area contributed by atoms with Crippen LogP contribution in [0.1, 0.15) is 33.1 Å². The summed E-state index contributed by atoms with van der Waals surface area (Å²) < 4.78 is 5.82. The van der Waals surface area contributed by atoms with Gasteiger partial charge in [-0.3, -0.25) is 4.79 Å². The van der Waals surface area contributed by atoms with Crippen molar-refractivity contribution in [1.82, 2.24) is 4.90 Å². The van der Waals surface area contributed by atoms with Crippen molar-refractivity contribution in [3.05, 3.63) is 0 Å². The summed E-state index contributed by atoms with van der Waals surface area (Å²) in [5.41, 5.74) is 5.39. The van der Waals surface area contributed by atoms with Gasteiger partial charge in [0, 0.05) is 31.0 Å². The van der Waals surface area contributed by atoms with Crippen molar-refractivity contribution in [2.45, 2.75) is 50.9 Å². The Balaban J connectivity index is 1.83. The van der Waals surface area contributed by atoms with E-state index >= 15 is 0 Å². The van der Waals surface area contributed by atoms with Crippen molar-refractivity contribution < 1.29 is 14.6 Å². The van der Waals surface area contributed by atoms with Gasteiger partial charge < -0.3 is 20.5 Å². The maximum atomic E-state index is 12.8. The lowest BCUT2D eigenvalue weighted by Crippen LogP contribution is -2.82. The summed E-state index contributed by atoms with van der Waals surface area (Å²) in [5, 5.41) is 9.61. The minimum absolute atomic E-state index is 0.000741. The lowest BCUT2D eigenvalue weighted by molar-refractivity contribution is -0.229. The summed E-state index contributed by atoms with van der Waals surface area (Å²) >= 11 is 0. The smallest absolute Gasteiger partial charge is 0.243 e. The highest BCUT2D eigenvalue weighted by atomic mass is 16.5. The number of ether oxygens (including phenoxy) is 1. The normalized spacial score (nSPS) is 44.6. The zero-order valence-electron chi connectivity index (χ0n) is 11.8. The number of nitrogens with two attached hydrogens (primary N) is 1. The van der Waals surface area contributed by atoms with Crippen LogP contribution in [0.4, 0.5) is 0 Å². The molecule has 5 nitrogen and oxygen atoms in total. The lowest BCUT2D eigenvalue weighted by Gasteiger charge is -2.65. The van der Waals surface area contributed by atoms with Gasteiger partial charge in [0.25, 0.3) is 0 Å². The van der Waals surface area contributed by atoms with Crippen LogP contribution < -0.4 is 5.73 Å². The number of amides is 1. The van der Waals surface area contributed by atoms with E-state index in [-0.39, 0.29) is 23.3 Å². The summed E-state index contributed by atoms with van der Waals surface area (Å²) in [6.45, 7) is 5.88. The first-order chi connectivity index (χ1) is 8.89. The van der Waals surface area contributed by atoms with Crippen molar-refractivity contribution in [1.29, 1.82) is 0 Å². The molecule has 108 valence electrons. The molecule has 0 spiro atoms.